The fourth-order valence-corrected chi connectivity index (χ4v) is 5.62. The Bertz CT molecular complexity index is 974. The quantitative estimate of drug-likeness (QED) is 0.495. The zero-order valence-electron chi connectivity index (χ0n) is 16.6. The first-order valence-electron chi connectivity index (χ1n) is 9.71. The van der Waals surface area contributed by atoms with Crippen LogP contribution < -0.4 is 14.9 Å². The molecule has 156 valence electrons. The predicted octanol–water partition coefficient (Wildman–Crippen LogP) is 4.78. The summed E-state index contributed by atoms with van der Waals surface area (Å²) in [5.41, 5.74) is 2.31. The van der Waals surface area contributed by atoms with Gasteiger partial charge in [-0.2, -0.15) is 0 Å². The maximum absolute atomic E-state index is 12.8. The van der Waals surface area contributed by atoms with Crippen LogP contribution >= 0.6 is 35.0 Å². The number of amides is 1. The monoisotopic (exact) mass is 457 g/mol. The van der Waals surface area contributed by atoms with E-state index in [0.29, 0.717) is 11.7 Å². The molecular formula is C21H23N5OS3. The SMILES string of the molecule is CSNC1CCN(c2ccccc2NC(=O)c2csc(Sc3ccccn3)n2)CC1. The third-order valence-corrected chi connectivity index (χ3v) is 7.28. The van der Waals surface area contributed by atoms with E-state index in [-0.39, 0.29) is 5.91 Å². The molecule has 6 nitrogen and oxygen atoms in total. The second kappa shape index (κ2) is 10.3. The van der Waals surface area contributed by atoms with Crippen LogP contribution in [0.1, 0.15) is 23.3 Å². The molecule has 0 radical (unpaired) electrons. The first kappa shape index (κ1) is 21.2. The normalized spacial score (nSPS) is 14.6. The second-order valence-corrected chi connectivity index (χ2v) is 9.59. The van der Waals surface area contributed by atoms with Gasteiger partial charge in [-0.25, -0.2) is 9.97 Å². The van der Waals surface area contributed by atoms with Crippen LogP contribution in [0.2, 0.25) is 0 Å². The molecule has 4 rings (SSSR count). The fourth-order valence-electron chi connectivity index (χ4n) is 3.35. The number of anilines is 2. The number of pyridine rings is 1. The molecular weight excluding hydrogens is 434 g/mol. The van der Waals surface area contributed by atoms with E-state index >= 15 is 0 Å². The van der Waals surface area contributed by atoms with Gasteiger partial charge in [-0.3, -0.25) is 9.52 Å². The van der Waals surface area contributed by atoms with E-state index in [0.717, 1.165) is 46.7 Å². The zero-order valence-corrected chi connectivity index (χ0v) is 19.0. The molecule has 30 heavy (non-hydrogen) atoms. The Morgan fingerprint density at radius 2 is 1.97 bits per heavy atom. The topological polar surface area (TPSA) is 70.2 Å². The van der Waals surface area contributed by atoms with E-state index in [1.165, 1.54) is 23.1 Å². The minimum atomic E-state index is -0.189. The number of hydrogen-bond donors (Lipinski definition) is 2. The standard InChI is InChI=1S/C21H23N5OS3/c1-28-25-15-9-12-26(13-10-15)18-7-3-2-6-16(18)23-20(27)17-14-29-21(24-17)30-19-8-4-5-11-22-19/h2-8,11,14-15,25H,9-10,12-13H2,1H3,(H,23,27). The van der Waals surface area contributed by atoms with Crippen LogP contribution in [0, 0.1) is 0 Å². The van der Waals surface area contributed by atoms with Gasteiger partial charge in [0.15, 0.2) is 4.34 Å². The van der Waals surface area contributed by atoms with E-state index in [9.17, 15) is 4.79 Å². The number of hydrogen-bond acceptors (Lipinski definition) is 8. The van der Waals surface area contributed by atoms with Crippen molar-refractivity contribution < 1.29 is 4.79 Å². The smallest absolute Gasteiger partial charge is 0.275 e. The van der Waals surface area contributed by atoms with E-state index in [2.05, 4.69) is 37.2 Å². The van der Waals surface area contributed by atoms with Crippen molar-refractivity contribution >= 4 is 52.3 Å². The minimum Gasteiger partial charge on any atom is -0.370 e. The molecule has 1 aliphatic heterocycles. The van der Waals surface area contributed by atoms with Crippen molar-refractivity contribution in [2.24, 2.45) is 0 Å². The van der Waals surface area contributed by atoms with Crippen molar-refractivity contribution in [2.45, 2.75) is 28.2 Å². The van der Waals surface area contributed by atoms with Crippen molar-refractivity contribution in [1.29, 1.82) is 0 Å². The number of aromatic nitrogens is 2. The summed E-state index contributed by atoms with van der Waals surface area (Å²) in [5.74, 6) is -0.189. The van der Waals surface area contributed by atoms with Gasteiger partial charge in [0.2, 0.25) is 0 Å². The Hall–Kier alpha value is -2.07. The highest BCUT2D eigenvalue weighted by Crippen LogP contribution is 2.31. The molecule has 0 saturated carbocycles. The van der Waals surface area contributed by atoms with Gasteiger partial charge in [0.25, 0.3) is 5.91 Å². The maximum atomic E-state index is 12.8. The Balaban J connectivity index is 1.42. The van der Waals surface area contributed by atoms with Gasteiger partial charge in [0.1, 0.15) is 10.7 Å². The van der Waals surface area contributed by atoms with E-state index in [1.807, 2.05) is 36.4 Å². The van der Waals surface area contributed by atoms with E-state index in [1.54, 1.807) is 23.5 Å². The Morgan fingerprint density at radius 3 is 2.73 bits per heavy atom. The van der Waals surface area contributed by atoms with Gasteiger partial charge < -0.3 is 10.2 Å². The van der Waals surface area contributed by atoms with Crippen molar-refractivity contribution in [3.05, 3.63) is 59.7 Å². The second-order valence-electron chi connectivity index (χ2n) is 6.82. The predicted molar refractivity (Wildman–Crippen MR) is 127 cm³/mol. The summed E-state index contributed by atoms with van der Waals surface area (Å²) < 4.78 is 4.25. The lowest BCUT2D eigenvalue weighted by Crippen LogP contribution is -2.40. The van der Waals surface area contributed by atoms with Gasteiger partial charge in [-0.1, -0.05) is 30.1 Å². The van der Waals surface area contributed by atoms with Gasteiger partial charge in [0, 0.05) is 30.7 Å². The average Bonchev–Trinajstić information content (AvgIpc) is 3.24. The molecule has 1 amide bonds. The average molecular weight is 458 g/mol. The summed E-state index contributed by atoms with van der Waals surface area (Å²) in [7, 11) is 0. The molecule has 1 aliphatic rings. The molecule has 2 N–H and O–H groups in total. The van der Waals surface area contributed by atoms with Crippen LogP contribution in [-0.4, -0.2) is 41.3 Å². The van der Waals surface area contributed by atoms with Crippen LogP contribution in [0.25, 0.3) is 0 Å². The Kier molecular flexibility index (Phi) is 7.27. The number of nitrogens with zero attached hydrogens (tertiary/aromatic N) is 3. The minimum absolute atomic E-state index is 0.189. The lowest BCUT2D eigenvalue weighted by atomic mass is 10.0. The number of benzene rings is 1. The summed E-state index contributed by atoms with van der Waals surface area (Å²) in [4.78, 5) is 23.9. The Morgan fingerprint density at radius 1 is 1.17 bits per heavy atom. The number of rotatable bonds is 7. The molecule has 0 aliphatic carbocycles. The molecule has 0 spiro atoms. The Labute approximate surface area is 189 Å². The van der Waals surface area contributed by atoms with Crippen LogP contribution in [0.5, 0.6) is 0 Å². The summed E-state index contributed by atoms with van der Waals surface area (Å²) in [6.07, 6.45) is 5.99. The first-order chi connectivity index (χ1) is 14.7. The van der Waals surface area contributed by atoms with Crippen molar-refractivity contribution in [3.8, 4) is 0 Å². The highest BCUT2D eigenvalue weighted by molar-refractivity contribution is 8.01. The molecule has 0 bridgehead atoms. The summed E-state index contributed by atoms with van der Waals surface area (Å²) in [5, 5.41) is 5.72. The largest absolute Gasteiger partial charge is 0.370 e. The molecule has 1 saturated heterocycles. The molecule has 1 aromatic carbocycles. The van der Waals surface area contributed by atoms with Crippen LogP contribution in [0.4, 0.5) is 11.4 Å². The number of nitrogens with one attached hydrogen (secondary N) is 2. The lowest BCUT2D eigenvalue weighted by Gasteiger charge is -2.34. The van der Waals surface area contributed by atoms with E-state index < -0.39 is 0 Å². The van der Waals surface area contributed by atoms with Gasteiger partial charge in [0.05, 0.1) is 11.4 Å². The molecule has 0 atom stereocenters. The highest BCUT2D eigenvalue weighted by atomic mass is 32.2. The van der Waals surface area contributed by atoms with Gasteiger partial charge in [-0.15, -0.1) is 11.3 Å². The third kappa shape index (κ3) is 5.34. The maximum Gasteiger partial charge on any atom is 0.275 e. The molecule has 3 aromatic rings. The highest BCUT2D eigenvalue weighted by Gasteiger charge is 2.21. The molecule has 2 aromatic heterocycles. The number of thiazole rings is 1. The zero-order chi connectivity index (χ0) is 20.8. The van der Waals surface area contributed by atoms with Gasteiger partial charge in [-0.05, 0) is 55.1 Å². The van der Waals surface area contributed by atoms with Crippen molar-refractivity contribution in [3.63, 3.8) is 0 Å². The number of para-hydroxylation sites is 2. The molecule has 1 fully saturated rings. The van der Waals surface area contributed by atoms with Crippen molar-refractivity contribution in [1.82, 2.24) is 14.7 Å². The summed E-state index contributed by atoms with van der Waals surface area (Å²) in [6.45, 7) is 1.93. The first-order valence-corrected chi connectivity index (χ1v) is 12.6. The third-order valence-electron chi connectivity index (χ3n) is 4.82. The number of piperidine rings is 1. The fraction of sp³-hybridized carbons (Fsp3) is 0.286. The number of carbonyl (C=O) groups excluding carboxylic acids is 1. The summed E-state index contributed by atoms with van der Waals surface area (Å²) >= 11 is 4.59. The lowest BCUT2D eigenvalue weighted by molar-refractivity contribution is 0.102. The molecule has 9 heteroatoms. The van der Waals surface area contributed by atoms with E-state index in [4.69, 9.17) is 0 Å². The van der Waals surface area contributed by atoms with Crippen LogP contribution in [-0.2, 0) is 0 Å². The van der Waals surface area contributed by atoms with Crippen LogP contribution in [0.15, 0.2) is 63.4 Å². The van der Waals surface area contributed by atoms with Crippen molar-refractivity contribution in [2.75, 3.05) is 29.6 Å². The molecule has 0 unspecified atom stereocenters. The summed E-state index contributed by atoms with van der Waals surface area (Å²) in [6, 6.07) is 14.3. The molecule has 3 heterocycles. The van der Waals surface area contributed by atoms with Crippen LogP contribution in [0.3, 0.4) is 0 Å². The van der Waals surface area contributed by atoms with Gasteiger partial charge >= 0.3 is 0 Å². The number of carbonyl (C=O) groups is 1.